The van der Waals surface area contributed by atoms with Gasteiger partial charge in [-0.2, -0.15) is 0 Å². The largest absolute Gasteiger partial charge is 0.355 e. The number of para-hydroxylation sites is 1. The Bertz CT molecular complexity index is 649. The average Bonchev–Trinajstić information content (AvgIpc) is 3.10. The van der Waals surface area contributed by atoms with Crippen molar-refractivity contribution in [3.63, 3.8) is 0 Å². The Hall–Kier alpha value is -1.88. The molecule has 0 spiro atoms. The molecule has 19 heavy (non-hydrogen) atoms. The molecule has 0 unspecified atom stereocenters. The zero-order chi connectivity index (χ0) is 13.0. The highest BCUT2D eigenvalue weighted by Crippen LogP contribution is 2.31. The Morgan fingerprint density at radius 3 is 2.89 bits per heavy atom. The van der Waals surface area contributed by atoms with E-state index in [0.717, 1.165) is 24.9 Å². The van der Waals surface area contributed by atoms with Gasteiger partial charge < -0.3 is 9.42 Å². The number of carbonyl (C=O) groups excluding carboxylic acids is 1. The molecule has 1 amide bonds. The Kier molecular flexibility index (Phi) is 2.20. The molecule has 0 N–H and O–H groups in total. The van der Waals surface area contributed by atoms with E-state index in [1.165, 1.54) is 0 Å². The van der Waals surface area contributed by atoms with Gasteiger partial charge in [-0.05, 0) is 25.6 Å². The molecule has 0 saturated carbocycles. The van der Waals surface area contributed by atoms with Crippen LogP contribution >= 0.6 is 0 Å². The van der Waals surface area contributed by atoms with Crippen LogP contribution in [0.2, 0.25) is 0 Å². The number of aromatic nitrogens is 1. The second-order valence-corrected chi connectivity index (χ2v) is 5.47. The number of nitrogens with zero attached hydrogens (tertiary/aromatic N) is 3. The summed E-state index contributed by atoms with van der Waals surface area (Å²) in [5.74, 6) is 0.00514. The molecule has 2 bridgehead atoms. The predicted octanol–water partition coefficient (Wildman–Crippen LogP) is 1.36. The number of likely N-dealkylation sites (N-methyl/N-ethyl adjacent to an activating group) is 1. The second kappa shape index (κ2) is 3.81. The van der Waals surface area contributed by atoms with Gasteiger partial charge in [-0.1, -0.05) is 17.3 Å². The van der Waals surface area contributed by atoms with Gasteiger partial charge in [0.2, 0.25) is 0 Å². The van der Waals surface area contributed by atoms with Gasteiger partial charge in [-0.15, -0.1) is 0 Å². The van der Waals surface area contributed by atoms with E-state index < -0.39 is 0 Å². The first-order valence-corrected chi connectivity index (χ1v) is 6.59. The quantitative estimate of drug-likeness (QED) is 0.774. The van der Waals surface area contributed by atoms with E-state index in [0.29, 0.717) is 23.4 Å². The van der Waals surface area contributed by atoms with Crippen LogP contribution in [0.5, 0.6) is 0 Å². The van der Waals surface area contributed by atoms with Crippen molar-refractivity contribution in [2.75, 3.05) is 20.1 Å². The molecule has 1 aromatic carbocycles. The van der Waals surface area contributed by atoms with Gasteiger partial charge in [0, 0.05) is 25.2 Å². The molecular weight excluding hydrogens is 242 g/mol. The van der Waals surface area contributed by atoms with Crippen LogP contribution in [0.25, 0.3) is 11.0 Å². The highest BCUT2D eigenvalue weighted by molar-refractivity contribution is 6.04. The van der Waals surface area contributed by atoms with E-state index in [1.807, 2.05) is 29.2 Å². The number of amides is 1. The van der Waals surface area contributed by atoms with Gasteiger partial charge in [-0.25, -0.2) is 0 Å². The number of likely N-dealkylation sites (tertiary alicyclic amines) is 2. The minimum atomic E-state index is 0.00514. The number of hydrogen-bond acceptors (Lipinski definition) is 4. The van der Waals surface area contributed by atoms with Gasteiger partial charge in [0.15, 0.2) is 11.3 Å². The van der Waals surface area contributed by atoms with E-state index in [-0.39, 0.29) is 5.91 Å². The number of benzene rings is 1. The third-order valence-electron chi connectivity index (χ3n) is 4.36. The number of fused-ring (bicyclic) bond motifs is 3. The van der Waals surface area contributed by atoms with E-state index in [9.17, 15) is 4.79 Å². The van der Waals surface area contributed by atoms with Crippen LogP contribution in [-0.4, -0.2) is 53.1 Å². The molecule has 2 aliphatic rings. The summed E-state index contributed by atoms with van der Waals surface area (Å²) < 4.78 is 5.22. The van der Waals surface area contributed by atoms with Crippen molar-refractivity contribution in [1.29, 1.82) is 0 Å². The lowest BCUT2D eigenvalue weighted by Crippen LogP contribution is -2.47. The summed E-state index contributed by atoms with van der Waals surface area (Å²) in [6, 6.07) is 8.35. The molecule has 0 radical (unpaired) electrons. The Balaban J connectivity index is 1.68. The van der Waals surface area contributed by atoms with Gasteiger partial charge in [0.05, 0.1) is 5.39 Å². The maximum Gasteiger partial charge on any atom is 0.277 e. The first-order chi connectivity index (χ1) is 9.24. The second-order valence-electron chi connectivity index (χ2n) is 5.47. The lowest BCUT2D eigenvalue weighted by atomic mass is 10.2. The molecule has 4 rings (SSSR count). The minimum Gasteiger partial charge on any atom is -0.355 e. The maximum atomic E-state index is 12.6. The lowest BCUT2D eigenvalue weighted by Gasteiger charge is -2.31. The first-order valence-electron chi connectivity index (χ1n) is 6.59. The molecule has 1 aromatic heterocycles. The molecule has 2 aliphatic heterocycles. The maximum absolute atomic E-state index is 12.6. The molecule has 2 atom stereocenters. The lowest BCUT2D eigenvalue weighted by molar-refractivity contribution is 0.0642. The Morgan fingerprint density at radius 2 is 2.16 bits per heavy atom. The monoisotopic (exact) mass is 257 g/mol. The minimum absolute atomic E-state index is 0.00514. The van der Waals surface area contributed by atoms with Crippen molar-refractivity contribution >= 4 is 16.9 Å². The molecule has 3 heterocycles. The van der Waals surface area contributed by atoms with E-state index in [4.69, 9.17) is 4.52 Å². The van der Waals surface area contributed by atoms with E-state index in [1.54, 1.807) is 0 Å². The van der Waals surface area contributed by atoms with Gasteiger partial charge in [0.25, 0.3) is 5.91 Å². The summed E-state index contributed by atoms with van der Waals surface area (Å²) in [5.41, 5.74) is 1.12. The van der Waals surface area contributed by atoms with Crippen LogP contribution in [0.15, 0.2) is 28.8 Å². The normalized spacial score (nSPS) is 26.5. The fraction of sp³-hybridized carbons (Fsp3) is 0.429. The number of hydrogen-bond donors (Lipinski definition) is 0. The number of carbonyl (C=O) groups is 1. The topological polar surface area (TPSA) is 49.6 Å². The third-order valence-corrected chi connectivity index (χ3v) is 4.36. The molecule has 0 aliphatic carbocycles. The number of piperazine rings is 1. The van der Waals surface area contributed by atoms with Crippen molar-refractivity contribution in [1.82, 2.24) is 15.0 Å². The first kappa shape index (κ1) is 11.0. The Morgan fingerprint density at radius 1 is 1.32 bits per heavy atom. The van der Waals surface area contributed by atoms with Gasteiger partial charge in [-0.3, -0.25) is 9.69 Å². The fourth-order valence-corrected chi connectivity index (χ4v) is 3.29. The molecule has 5 heteroatoms. The van der Waals surface area contributed by atoms with Gasteiger partial charge in [0.1, 0.15) is 0 Å². The van der Waals surface area contributed by atoms with Crippen LogP contribution in [0.1, 0.15) is 16.9 Å². The van der Waals surface area contributed by atoms with Crippen molar-refractivity contribution in [2.45, 2.75) is 18.5 Å². The fourth-order valence-electron chi connectivity index (χ4n) is 3.29. The molecule has 98 valence electrons. The predicted molar refractivity (Wildman–Crippen MR) is 69.9 cm³/mol. The Labute approximate surface area is 110 Å². The summed E-state index contributed by atoms with van der Waals surface area (Å²) >= 11 is 0. The molecule has 2 aromatic rings. The highest BCUT2D eigenvalue weighted by atomic mass is 16.5. The molecule has 2 fully saturated rings. The SMILES string of the molecule is CN1C[C@@H]2C[C@H]1CN2C(=O)c1noc2ccccc12. The highest BCUT2D eigenvalue weighted by Gasteiger charge is 2.44. The molecule has 2 saturated heterocycles. The van der Waals surface area contributed by atoms with Crippen LogP contribution in [0.4, 0.5) is 0 Å². The smallest absolute Gasteiger partial charge is 0.277 e. The van der Waals surface area contributed by atoms with Crippen LogP contribution in [0.3, 0.4) is 0 Å². The molecular formula is C14H15N3O2. The summed E-state index contributed by atoms with van der Waals surface area (Å²) in [6.07, 6.45) is 1.08. The summed E-state index contributed by atoms with van der Waals surface area (Å²) in [4.78, 5) is 16.9. The van der Waals surface area contributed by atoms with E-state index >= 15 is 0 Å². The van der Waals surface area contributed by atoms with Crippen molar-refractivity contribution in [3.05, 3.63) is 30.0 Å². The summed E-state index contributed by atoms with van der Waals surface area (Å²) in [6.45, 7) is 1.77. The standard InChI is InChI=1S/C14H15N3O2/c1-16-7-10-6-9(16)8-17(10)14(18)13-11-4-2-3-5-12(11)19-15-13/h2-5,9-10H,6-8H2,1H3/t9-,10-/m0/s1. The van der Waals surface area contributed by atoms with Crippen LogP contribution in [-0.2, 0) is 0 Å². The van der Waals surface area contributed by atoms with Crippen LogP contribution < -0.4 is 0 Å². The van der Waals surface area contributed by atoms with Gasteiger partial charge >= 0.3 is 0 Å². The van der Waals surface area contributed by atoms with Crippen molar-refractivity contribution in [2.24, 2.45) is 0 Å². The summed E-state index contributed by atoms with van der Waals surface area (Å²) in [7, 11) is 2.12. The summed E-state index contributed by atoms with van der Waals surface area (Å²) in [5, 5.41) is 4.77. The average molecular weight is 257 g/mol. The third kappa shape index (κ3) is 1.51. The zero-order valence-corrected chi connectivity index (χ0v) is 10.7. The van der Waals surface area contributed by atoms with Crippen molar-refractivity contribution < 1.29 is 9.32 Å². The number of rotatable bonds is 1. The van der Waals surface area contributed by atoms with Crippen LogP contribution in [0, 0.1) is 0 Å². The molecule has 5 nitrogen and oxygen atoms in total. The van der Waals surface area contributed by atoms with Crippen molar-refractivity contribution in [3.8, 4) is 0 Å². The van der Waals surface area contributed by atoms with E-state index in [2.05, 4.69) is 17.1 Å². The zero-order valence-electron chi connectivity index (χ0n) is 10.7.